The van der Waals surface area contributed by atoms with Crippen LogP contribution in [0.5, 0.6) is 28.7 Å². The van der Waals surface area contributed by atoms with Gasteiger partial charge in [0.25, 0.3) is 5.69 Å². The molecule has 298 valence electrons. The zero-order valence-corrected chi connectivity index (χ0v) is 33.4. The molecule has 0 aliphatic heterocycles. The number of hydrogen-bond acceptors (Lipinski definition) is 11. The Kier molecular flexibility index (Phi) is 15.0. The third-order valence-corrected chi connectivity index (χ3v) is 9.75. The quantitative estimate of drug-likeness (QED) is 0.0149. The van der Waals surface area contributed by atoms with Gasteiger partial charge < -0.3 is 33.2 Å². The summed E-state index contributed by atoms with van der Waals surface area (Å²) in [6, 6.07) is 30.0. The second-order valence-electron chi connectivity index (χ2n) is 12.3. The second-order valence-corrected chi connectivity index (χ2v) is 13.5. The molecule has 0 aromatic heterocycles. The minimum Gasteiger partial charge on any atom is -0.497 e. The summed E-state index contributed by atoms with van der Waals surface area (Å²) >= 11 is 18.0. The van der Waals surface area contributed by atoms with Gasteiger partial charge in [-0.1, -0.05) is 89.4 Å². The van der Waals surface area contributed by atoms with Crippen LogP contribution >= 0.6 is 34.8 Å². The number of nitrogens with zero attached hydrogens (tertiary/aromatic N) is 1. The van der Waals surface area contributed by atoms with E-state index in [9.17, 15) is 19.7 Å². The molecule has 0 amide bonds. The Balaban J connectivity index is 1.23. The van der Waals surface area contributed by atoms with Crippen LogP contribution in [0, 0.1) is 10.1 Å². The number of carbonyl (C=O) groups is 2. The van der Waals surface area contributed by atoms with Crippen molar-refractivity contribution in [1.82, 2.24) is 0 Å². The molecule has 0 fully saturated rings. The standard InChI is InChI=1S/C42H38Cl3NO11/c1-51-31-15-11-29(12-16-31)42(28-8-5-4-6-9-28,30-13-17-32(52-2)18-14-30)56-20-7-10-40(47)55-26-27-22-38(53-3)39(25-36(27)46(49)50)54-21-19-41(48)57-37-24-34(44)33(43)23-35(37)45/h4-6,8-9,11-18,22-25H,7,10,19-21,26H2,1-3H3. The fourth-order valence-electron chi connectivity index (χ4n) is 5.90. The lowest BCUT2D eigenvalue weighted by atomic mass is 9.80. The Morgan fingerprint density at radius 3 is 1.82 bits per heavy atom. The van der Waals surface area contributed by atoms with Crippen LogP contribution < -0.4 is 23.7 Å². The lowest BCUT2D eigenvalue weighted by Crippen LogP contribution is -2.33. The largest absolute Gasteiger partial charge is 0.497 e. The van der Waals surface area contributed by atoms with Crippen molar-refractivity contribution in [2.45, 2.75) is 31.5 Å². The van der Waals surface area contributed by atoms with Gasteiger partial charge in [-0.05, 0) is 59.5 Å². The number of nitro benzene ring substituents is 1. The van der Waals surface area contributed by atoms with E-state index in [-0.39, 0.29) is 76.0 Å². The van der Waals surface area contributed by atoms with E-state index in [1.807, 2.05) is 78.9 Å². The predicted octanol–water partition coefficient (Wildman–Crippen LogP) is 9.79. The van der Waals surface area contributed by atoms with Gasteiger partial charge in [0.2, 0.25) is 0 Å². The van der Waals surface area contributed by atoms with E-state index in [0.29, 0.717) is 11.5 Å². The summed E-state index contributed by atoms with van der Waals surface area (Å²) in [5.41, 5.74) is 1.17. The first-order valence-electron chi connectivity index (χ1n) is 17.5. The summed E-state index contributed by atoms with van der Waals surface area (Å²) in [4.78, 5) is 36.8. The van der Waals surface area contributed by atoms with Crippen LogP contribution in [0.2, 0.25) is 15.1 Å². The van der Waals surface area contributed by atoms with Gasteiger partial charge in [0.15, 0.2) is 17.2 Å². The zero-order valence-electron chi connectivity index (χ0n) is 31.1. The molecular formula is C42H38Cl3NO11. The molecule has 0 aliphatic rings. The van der Waals surface area contributed by atoms with Gasteiger partial charge in [-0.2, -0.15) is 0 Å². The van der Waals surface area contributed by atoms with Gasteiger partial charge in [0.1, 0.15) is 23.7 Å². The molecule has 0 bridgehead atoms. The van der Waals surface area contributed by atoms with E-state index < -0.39 is 29.1 Å². The van der Waals surface area contributed by atoms with Crippen LogP contribution in [0.3, 0.4) is 0 Å². The molecule has 0 heterocycles. The molecule has 0 radical (unpaired) electrons. The number of benzene rings is 5. The number of hydrogen-bond donors (Lipinski definition) is 0. The second kappa shape index (κ2) is 20.1. The lowest BCUT2D eigenvalue weighted by molar-refractivity contribution is -0.385. The molecule has 0 N–H and O–H groups in total. The molecule has 0 unspecified atom stereocenters. The Hall–Kier alpha value is -5.53. The average Bonchev–Trinajstić information content (AvgIpc) is 3.22. The monoisotopic (exact) mass is 837 g/mol. The van der Waals surface area contributed by atoms with E-state index in [2.05, 4.69) is 0 Å². The highest BCUT2D eigenvalue weighted by Crippen LogP contribution is 2.42. The third kappa shape index (κ3) is 10.7. The molecule has 15 heteroatoms. The van der Waals surface area contributed by atoms with Crippen molar-refractivity contribution in [2.24, 2.45) is 0 Å². The number of esters is 2. The van der Waals surface area contributed by atoms with Crippen molar-refractivity contribution in [1.29, 1.82) is 0 Å². The highest BCUT2D eigenvalue weighted by molar-refractivity contribution is 6.43. The van der Waals surface area contributed by atoms with Crippen LogP contribution in [0.25, 0.3) is 0 Å². The lowest BCUT2D eigenvalue weighted by Gasteiger charge is -2.36. The SMILES string of the molecule is COc1ccc(C(OCCCC(=O)OCc2cc(OC)c(OCCC(=O)Oc3cc(Cl)c(Cl)cc3Cl)cc2[N+](=O)[O-])(c2ccccc2)c2ccc(OC)cc2)cc1. The van der Waals surface area contributed by atoms with Gasteiger partial charge in [0, 0.05) is 19.1 Å². The Morgan fingerprint density at radius 1 is 0.649 bits per heavy atom. The summed E-state index contributed by atoms with van der Waals surface area (Å²) in [5.74, 6) is 0.199. The molecule has 57 heavy (non-hydrogen) atoms. The molecule has 12 nitrogen and oxygen atoms in total. The van der Waals surface area contributed by atoms with Crippen LogP contribution in [0.15, 0.2) is 103 Å². The van der Waals surface area contributed by atoms with Crippen molar-refractivity contribution in [3.8, 4) is 28.7 Å². The topological polar surface area (TPSA) is 142 Å². The van der Waals surface area contributed by atoms with Gasteiger partial charge in [-0.15, -0.1) is 0 Å². The van der Waals surface area contributed by atoms with Crippen molar-refractivity contribution in [3.05, 3.63) is 151 Å². The predicted molar refractivity (Wildman–Crippen MR) is 214 cm³/mol. The summed E-state index contributed by atoms with van der Waals surface area (Å²) in [5, 5.41) is 12.5. The highest BCUT2D eigenvalue weighted by Gasteiger charge is 2.38. The van der Waals surface area contributed by atoms with Crippen LogP contribution in [-0.4, -0.2) is 51.4 Å². The number of halogens is 3. The zero-order chi connectivity index (χ0) is 41.0. The first kappa shape index (κ1) is 42.6. The van der Waals surface area contributed by atoms with Gasteiger partial charge in [-0.3, -0.25) is 19.7 Å². The number of rotatable bonds is 19. The summed E-state index contributed by atoms with van der Waals surface area (Å²) in [6.07, 6.45) is -0.00730. The molecule has 0 spiro atoms. The number of nitro groups is 1. The van der Waals surface area contributed by atoms with Crippen molar-refractivity contribution < 1.29 is 47.7 Å². The van der Waals surface area contributed by atoms with E-state index in [4.69, 9.17) is 68.0 Å². The molecule has 0 aliphatic carbocycles. The molecule has 5 aromatic rings. The minimum absolute atomic E-state index is 0.00702. The molecule has 0 saturated carbocycles. The Morgan fingerprint density at radius 2 is 1.25 bits per heavy atom. The van der Waals surface area contributed by atoms with E-state index >= 15 is 0 Å². The van der Waals surface area contributed by atoms with Crippen molar-refractivity contribution in [2.75, 3.05) is 34.5 Å². The molecule has 5 aromatic carbocycles. The van der Waals surface area contributed by atoms with Crippen LogP contribution in [0.4, 0.5) is 5.69 Å². The molecule has 0 saturated heterocycles. The van der Waals surface area contributed by atoms with E-state index in [1.165, 1.54) is 25.3 Å². The Labute approximate surface area is 344 Å². The number of carbonyl (C=O) groups excluding carboxylic acids is 2. The number of ether oxygens (including phenoxy) is 7. The molecule has 5 rings (SSSR count). The third-order valence-electron chi connectivity index (χ3n) is 8.73. The van der Waals surface area contributed by atoms with E-state index in [0.717, 1.165) is 22.8 Å². The maximum Gasteiger partial charge on any atom is 0.314 e. The number of methoxy groups -OCH3 is 3. The van der Waals surface area contributed by atoms with Gasteiger partial charge in [0.05, 0.1) is 66.0 Å². The van der Waals surface area contributed by atoms with Crippen molar-refractivity contribution in [3.63, 3.8) is 0 Å². The summed E-state index contributed by atoms with van der Waals surface area (Å²) < 4.78 is 39.3. The summed E-state index contributed by atoms with van der Waals surface area (Å²) in [7, 11) is 4.54. The minimum atomic E-state index is -1.07. The maximum absolute atomic E-state index is 13.0. The summed E-state index contributed by atoms with van der Waals surface area (Å²) in [6.45, 7) is -0.477. The van der Waals surface area contributed by atoms with Gasteiger partial charge in [-0.25, -0.2) is 0 Å². The van der Waals surface area contributed by atoms with Crippen LogP contribution in [-0.2, 0) is 31.3 Å². The van der Waals surface area contributed by atoms with Gasteiger partial charge >= 0.3 is 11.9 Å². The average molecular weight is 839 g/mol. The Bertz CT molecular complexity index is 2120. The van der Waals surface area contributed by atoms with Crippen molar-refractivity contribution >= 4 is 52.4 Å². The fourth-order valence-corrected chi connectivity index (χ4v) is 6.47. The molecular weight excluding hydrogens is 801 g/mol. The first-order chi connectivity index (χ1) is 27.5. The van der Waals surface area contributed by atoms with E-state index in [1.54, 1.807) is 14.2 Å². The van der Waals surface area contributed by atoms with Crippen LogP contribution in [0.1, 0.15) is 41.5 Å². The molecule has 0 atom stereocenters. The normalized spacial score (nSPS) is 11.1. The maximum atomic E-state index is 13.0. The fraction of sp³-hybridized carbons (Fsp3) is 0.238. The first-order valence-corrected chi connectivity index (χ1v) is 18.6. The smallest absolute Gasteiger partial charge is 0.314 e. The highest BCUT2D eigenvalue weighted by atomic mass is 35.5.